The van der Waals surface area contributed by atoms with Crippen molar-refractivity contribution in [2.75, 3.05) is 23.3 Å². The monoisotopic (exact) mass is 498 g/mol. The lowest BCUT2D eigenvalue weighted by molar-refractivity contribution is -0.116. The second-order valence-electron chi connectivity index (χ2n) is 10.5. The van der Waals surface area contributed by atoms with Crippen LogP contribution in [0.2, 0.25) is 0 Å². The Balaban J connectivity index is 1.77. The molecule has 1 atom stereocenters. The van der Waals surface area contributed by atoms with Gasteiger partial charge in [-0.15, -0.1) is 0 Å². The molecule has 7 heteroatoms. The van der Waals surface area contributed by atoms with Crippen LogP contribution in [-0.2, 0) is 4.79 Å². The van der Waals surface area contributed by atoms with Crippen LogP contribution in [-0.4, -0.2) is 30.8 Å². The zero-order valence-electron chi connectivity index (χ0n) is 21.8. The molecule has 3 amide bonds. The van der Waals surface area contributed by atoms with E-state index in [0.717, 1.165) is 16.7 Å². The van der Waals surface area contributed by atoms with Crippen molar-refractivity contribution in [1.82, 2.24) is 5.32 Å². The van der Waals surface area contributed by atoms with Crippen molar-refractivity contribution in [3.05, 3.63) is 94.5 Å². The first kappa shape index (κ1) is 26.1. The third-order valence-electron chi connectivity index (χ3n) is 6.74. The van der Waals surface area contributed by atoms with Crippen molar-refractivity contribution in [2.45, 2.75) is 40.2 Å². The van der Waals surface area contributed by atoms with E-state index in [-0.39, 0.29) is 29.6 Å². The van der Waals surface area contributed by atoms with Gasteiger partial charge in [0.05, 0.1) is 23.8 Å². The summed E-state index contributed by atoms with van der Waals surface area (Å²) in [6.07, 6.45) is 0.0849. The first-order valence-electron chi connectivity index (χ1n) is 12.5. The average Bonchev–Trinajstić information content (AvgIpc) is 3.03. The van der Waals surface area contributed by atoms with Gasteiger partial charge in [-0.05, 0) is 61.7 Å². The molecular weight excluding hydrogens is 464 g/mol. The van der Waals surface area contributed by atoms with Crippen molar-refractivity contribution in [3.8, 4) is 0 Å². The maximum atomic E-state index is 13.9. The topological polar surface area (TPSA) is 105 Å². The number of anilines is 2. The fraction of sp³-hybridized carbons (Fsp3) is 0.300. The number of rotatable bonds is 6. The van der Waals surface area contributed by atoms with Gasteiger partial charge in [-0.2, -0.15) is 0 Å². The number of benzene rings is 3. The molecule has 1 heterocycles. The highest BCUT2D eigenvalue weighted by atomic mass is 16.2. The van der Waals surface area contributed by atoms with E-state index in [0.29, 0.717) is 35.6 Å². The van der Waals surface area contributed by atoms with Gasteiger partial charge in [-0.3, -0.25) is 19.3 Å². The molecule has 1 unspecified atom stereocenters. The van der Waals surface area contributed by atoms with Crippen LogP contribution in [0, 0.1) is 19.3 Å². The number of hydrogen-bond acceptors (Lipinski definition) is 4. The van der Waals surface area contributed by atoms with E-state index in [9.17, 15) is 14.4 Å². The molecule has 0 bridgehead atoms. The van der Waals surface area contributed by atoms with Gasteiger partial charge in [0.25, 0.3) is 11.8 Å². The summed E-state index contributed by atoms with van der Waals surface area (Å²) in [5.41, 5.74) is 10.4. The maximum absolute atomic E-state index is 13.9. The molecule has 4 rings (SSSR count). The summed E-state index contributed by atoms with van der Waals surface area (Å²) in [5, 5.41) is 5.84. The maximum Gasteiger partial charge on any atom is 0.258 e. The summed E-state index contributed by atoms with van der Waals surface area (Å²) in [7, 11) is 0. The SMILES string of the molecule is Cc1ccc(C(=O)N2c3ccc(C(=O)NCC(C)(C)CN)cc3NC(=O)CC2c2ccc(C)cc2)cc1. The van der Waals surface area contributed by atoms with Crippen LogP contribution in [0.1, 0.15) is 63.7 Å². The van der Waals surface area contributed by atoms with Crippen molar-refractivity contribution in [2.24, 2.45) is 11.1 Å². The fourth-order valence-electron chi connectivity index (χ4n) is 4.26. The molecule has 0 saturated carbocycles. The molecule has 0 aromatic heterocycles. The van der Waals surface area contributed by atoms with E-state index in [1.807, 2.05) is 64.1 Å². The molecule has 0 saturated heterocycles. The minimum absolute atomic E-state index is 0.0849. The zero-order valence-corrected chi connectivity index (χ0v) is 21.8. The number of hydrogen-bond donors (Lipinski definition) is 3. The Morgan fingerprint density at radius 2 is 1.57 bits per heavy atom. The van der Waals surface area contributed by atoms with Gasteiger partial charge in [0.15, 0.2) is 0 Å². The van der Waals surface area contributed by atoms with Crippen molar-refractivity contribution >= 4 is 29.1 Å². The second kappa shape index (κ2) is 10.6. The molecule has 1 aliphatic heterocycles. The van der Waals surface area contributed by atoms with E-state index in [1.54, 1.807) is 35.2 Å². The first-order chi connectivity index (χ1) is 17.6. The molecule has 0 spiro atoms. The lowest BCUT2D eigenvalue weighted by Gasteiger charge is -2.31. The number of amides is 3. The van der Waals surface area contributed by atoms with Gasteiger partial charge < -0.3 is 16.4 Å². The van der Waals surface area contributed by atoms with E-state index < -0.39 is 6.04 Å². The highest BCUT2D eigenvalue weighted by Gasteiger charge is 2.34. The molecular formula is C30H34N4O3. The molecule has 192 valence electrons. The lowest BCUT2D eigenvalue weighted by Crippen LogP contribution is -2.38. The van der Waals surface area contributed by atoms with Crippen LogP contribution in [0.4, 0.5) is 11.4 Å². The number of nitrogens with zero attached hydrogens (tertiary/aromatic N) is 1. The average molecular weight is 499 g/mol. The summed E-state index contributed by atoms with van der Waals surface area (Å²) < 4.78 is 0. The molecule has 3 aromatic carbocycles. The first-order valence-corrected chi connectivity index (χ1v) is 12.5. The van der Waals surface area contributed by atoms with Crippen LogP contribution in [0.15, 0.2) is 66.7 Å². The molecule has 0 radical (unpaired) electrons. The van der Waals surface area contributed by atoms with Gasteiger partial charge in [0, 0.05) is 17.7 Å². The van der Waals surface area contributed by atoms with Gasteiger partial charge in [-0.1, -0.05) is 61.4 Å². The largest absolute Gasteiger partial charge is 0.351 e. The van der Waals surface area contributed by atoms with Crippen molar-refractivity contribution < 1.29 is 14.4 Å². The Hall–Kier alpha value is -3.97. The Labute approximate surface area is 218 Å². The van der Waals surface area contributed by atoms with Gasteiger partial charge in [0.2, 0.25) is 5.91 Å². The van der Waals surface area contributed by atoms with E-state index in [2.05, 4.69) is 10.6 Å². The highest BCUT2D eigenvalue weighted by molar-refractivity contribution is 6.12. The van der Waals surface area contributed by atoms with E-state index in [1.165, 1.54) is 0 Å². The Kier molecular flexibility index (Phi) is 7.45. The van der Waals surface area contributed by atoms with Gasteiger partial charge in [0.1, 0.15) is 0 Å². The summed E-state index contributed by atoms with van der Waals surface area (Å²) in [5.74, 6) is -0.715. The number of carbonyl (C=O) groups is 3. The fourth-order valence-corrected chi connectivity index (χ4v) is 4.26. The second-order valence-corrected chi connectivity index (χ2v) is 10.5. The smallest absolute Gasteiger partial charge is 0.258 e. The molecule has 4 N–H and O–H groups in total. The predicted octanol–water partition coefficient (Wildman–Crippen LogP) is 4.75. The van der Waals surface area contributed by atoms with Crippen molar-refractivity contribution in [1.29, 1.82) is 0 Å². The zero-order chi connectivity index (χ0) is 26.7. The third-order valence-corrected chi connectivity index (χ3v) is 6.74. The molecule has 1 aliphatic rings. The quantitative estimate of drug-likeness (QED) is 0.456. The normalized spacial score (nSPS) is 15.4. The minimum atomic E-state index is -0.513. The molecule has 0 aliphatic carbocycles. The molecule has 7 nitrogen and oxygen atoms in total. The van der Waals surface area contributed by atoms with Gasteiger partial charge in [-0.25, -0.2) is 0 Å². The Morgan fingerprint density at radius 3 is 2.19 bits per heavy atom. The number of fused-ring (bicyclic) bond motifs is 1. The van der Waals surface area contributed by atoms with Crippen LogP contribution in [0.5, 0.6) is 0 Å². The minimum Gasteiger partial charge on any atom is -0.351 e. The predicted molar refractivity (Wildman–Crippen MR) is 147 cm³/mol. The highest BCUT2D eigenvalue weighted by Crippen LogP contribution is 2.39. The molecule has 3 aromatic rings. The summed E-state index contributed by atoms with van der Waals surface area (Å²) >= 11 is 0. The van der Waals surface area contributed by atoms with E-state index in [4.69, 9.17) is 5.73 Å². The summed E-state index contributed by atoms with van der Waals surface area (Å²) in [4.78, 5) is 41.6. The third kappa shape index (κ3) is 5.89. The molecule has 37 heavy (non-hydrogen) atoms. The summed E-state index contributed by atoms with van der Waals surface area (Å²) in [6.45, 7) is 8.77. The lowest BCUT2D eigenvalue weighted by atomic mass is 9.94. The number of nitrogens with one attached hydrogen (secondary N) is 2. The van der Waals surface area contributed by atoms with Crippen LogP contribution in [0.3, 0.4) is 0 Å². The van der Waals surface area contributed by atoms with Crippen LogP contribution < -0.4 is 21.3 Å². The van der Waals surface area contributed by atoms with Crippen molar-refractivity contribution in [3.63, 3.8) is 0 Å². The van der Waals surface area contributed by atoms with Crippen LogP contribution >= 0.6 is 0 Å². The number of carbonyl (C=O) groups excluding carboxylic acids is 3. The van der Waals surface area contributed by atoms with Gasteiger partial charge >= 0.3 is 0 Å². The Morgan fingerprint density at radius 1 is 0.973 bits per heavy atom. The summed E-state index contributed by atoms with van der Waals surface area (Å²) in [6, 6.07) is 19.8. The number of aryl methyl sites for hydroxylation is 2. The molecule has 0 fully saturated rings. The standard InChI is InChI=1S/C30H34N4O3/c1-19-5-9-21(10-6-19)26-16-27(35)33-24-15-23(28(36)32-18-30(3,4)17-31)13-14-25(24)34(26)29(37)22-11-7-20(2)8-12-22/h5-15,26H,16-18,31H2,1-4H3,(H,32,36)(H,33,35). The number of nitrogens with two attached hydrogens (primary N) is 1. The van der Waals surface area contributed by atoms with E-state index >= 15 is 0 Å². The Bertz CT molecular complexity index is 1310. The van der Waals surface area contributed by atoms with Crippen LogP contribution in [0.25, 0.3) is 0 Å².